The molecule has 3 amide bonds. The van der Waals surface area contributed by atoms with E-state index in [4.69, 9.17) is 9.47 Å². The number of halogens is 2. The summed E-state index contributed by atoms with van der Waals surface area (Å²) in [4.78, 5) is 39.2. The highest BCUT2D eigenvalue weighted by Gasteiger charge is 2.25. The monoisotopic (exact) mass is 601 g/mol. The summed E-state index contributed by atoms with van der Waals surface area (Å²) in [7, 11) is 1.20. The van der Waals surface area contributed by atoms with E-state index < -0.39 is 35.6 Å². The summed E-state index contributed by atoms with van der Waals surface area (Å²) in [6.45, 7) is 5.72. The number of hydrogen-bond donors (Lipinski definition) is 3. The van der Waals surface area contributed by atoms with Gasteiger partial charge >= 0.3 is 12.0 Å². The zero-order valence-electron chi connectivity index (χ0n) is 24.8. The average Bonchev–Trinajstić information content (AvgIpc) is 2.99. The van der Waals surface area contributed by atoms with Crippen molar-refractivity contribution in [3.05, 3.63) is 118 Å². The van der Waals surface area contributed by atoms with E-state index in [1.807, 2.05) is 63.2 Å². The van der Waals surface area contributed by atoms with Crippen LogP contribution in [0.1, 0.15) is 32.6 Å². The second kappa shape index (κ2) is 14.4. The maximum Gasteiger partial charge on any atom is 0.330 e. The molecule has 0 fully saturated rings. The number of carbonyl (C=O) groups is 3. The van der Waals surface area contributed by atoms with E-state index in [2.05, 4.69) is 16.0 Å². The molecular formula is C34H33F2N3O5. The summed E-state index contributed by atoms with van der Waals surface area (Å²) in [5, 5.41) is 8.14. The quantitative estimate of drug-likeness (QED) is 0.176. The molecule has 0 saturated heterocycles. The van der Waals surface area contributed by atoms with Crippen molar-refractivity contribution in [2.75, 3.05) is 24.4 Å². The number of benzene rings is 4. The topological polar surface area (TPSA) is 106 Å². The largest absolute Gasteiger partial charge is 0.467 e. The van der Waals surface area contributed by atoms with Crippen LogP contribution in [0.2, 0.25) is 0 Å². The lowest BCUT2D eigenvalue weighted by Crippen LogP contribution is -2.45. The first-order chi connectivity index (χ1) is 21.0. The highest BCUT2D eigenvalue weighted by molar-refractivity contribution is 6.08. The molecule has 0 aliphatic carbocycles. The molecule has 0 saturated carbocycles. The highest BCUT2D eigenvalue weighted by atomic mass is 19.2. The number of nitrogens with one attached hydrogen (secondary N) is 3. The molecule has 0 spiro atoms. The minimum absolute atomic E-state index is 0.0146. The number of esters is 1. The Hall–Kier alpha value is -5.09. The Bertz CT molecular complexity index is 1650. The molecule has 0 aliphatic rings. The molecule has 4 aromatic carbocycles. The first-order valence-corrected chi connectivity index (χ1v) is 13.8. The average molecular weight is 602 g/mol. The first kappa shape index (κ1) is 31.8. The van der Waals surface area contributed by atoms with Crippen LogP contribution in [0.3, 0.4) is 0 Å². The summed E-state index contributed by atoms with van der Waals surface area (Å²) in [6, 6.07) is 19.2. The molecule has 0 radical (unpaired) electrons. The van der Waals surface area contributed by atoms with E-state index >= 15 is 0 Å². The van der Waals surface area contributed by atoms with Gasteiger partial charge in [-0.1, -0.05) is 60.2 Å². The smallest absolute Gasteiger partial charge is 0.330 e. The van der Waals surface area contributed by atoms with Gasteiger partial charge in [0.25, 0.3) is 5.91 Å². The van der Waals surface area contributed by atoms with E-state index in [1.165, 1.54) is 31.4 Å². The molecule has 10 heteroatoms. The third kappa shape index (κ3) is 8.05. The van der Waals surface area contributed by atoms with Crippen molar-refractivity contribution < 1.29 is 32.6 Å². The minimum Gasteiger partial charge on any atom is -0.467 e. The fraction of sp³-hybridized carbons (Fsp3) is 0.206. The van der Waals surface area contributed by atoms with Gasteiger partial charge in [0.05, 0.1) is 31.6 Å². The van der Waals surface area contributed by atoms with Gasteiger partial charge < -0.3 is 25.4 Å². The number of carbonyl (C=O) groups excluding carboxylic acids is 3. The fourth-order valence-corrected chi connectivity index (χ4v) is 4.76. The number of rotatable bonds is 10. The normalized spacial score (nSPS) is 11.4. The summed E-state index contributed by atoms with van der Waals surface area (Å²) >= 11 is 0. The van der Waals surface area contributed by atoms with Crippen LogP contribution in [0.4, 0.5) is 25.0 Å². The Kier molecular flexibility index (Phi) is 10.4. The van der Waals surface area contributed by atoms with Crippen molar-refractivity contribution in [2.45, 2.75) is 33.4 Å². The third-order valence-corrected chi connectivity index (χ3v) is 6.87. The van der Waals surface area contributed by atoms with E-state index in [1.54, 1.807) is 0 Å². The predicted molar refractivity (Wildman–Crippen MR) is 164 cm³/mol. The van der Waals surface area contributed by atoms with Crippen LogP contribution in [0.25, 0.3) is 11.1 Å². The summed E-state index contributed by atoms with van der Waals surface area (Å²) in [6.07, 6.45) is 0. The number of anilines is 2. The predicted octanol–water partition coefficient (Wildman–Crippen LogP) is 6.69. The molecule has 0 unspecified atom stereocenters. The Balaban J connectivity index is 1.61. The number of urea groups is 1. The Labute approximate surface area is 254 Å². The molecule has 0 heterocycles. The molecule has 228 valence electrons. The number of hydrogen-bond acceptors (Lipinski definition) is 5. The van der Waals surface area contributed by atoms with Crippen LogP contribution < -0.4 is 16.0 Å². The van der Waals surface area contributed by atoms with E-state index in [9.17, 15) is 23.2 Å². The second-order valence-electron chi connectivity index (χ2n) is 10.3. The SMILES string of the molecule is COC(=O)[C@H](COCc1ccccc1)NC(=O)c1ccc(-c2ccc(F)c(F)c2)cc1NC(=O)Nc1c(C)cc(C)cc1C. The minimum atomic E-state index is -1.15. The Morgan fingerprint density at radius 3 is 2.11 bits per heavy atom. The van der Waals surface area contributed by atoms with Gasteiger partial charge in [0.2, 0.25) is 0 Å². The maximum atomic E-state index is 14.0. The van der Waals surface area contributed by atoms with Crippen molar-refractivity contribution in [2.24, 2.45) is 0 Å². The highest BCUT2D eigenvalue weighted by Crippen LogP contribution is 2.28. The summed E-state index contributed by atoms with van der Waals surface area (Å²) in [5.74, 6) is -3.46. The van der Waals surface area contributed by atoms with Crippen LogP contribution >= 0.6 is 0 Å². The van der Waals surface area contributed by atoms with Gasteiger partial charge in [0, 0.05) is 5.69 Å². The lowest BCUT2D eigenvalue weighted by molar-refractivity contribution is -0.144. The number of amides is 3. The van der Waals surface area contributed by atoms with Gasteiger partial charge in [0.1, 0.15) is 0 Å². The lowest BCUT2D eigenvalue weighted by atomic mass is 10.0. The van der Waals surface area contributed by atoms with Gasteiger partial charge in [-0.05, 0) is 72.9 Å². The zero-order valence-corrected chi connectivity index (χ0v) is 24.8. The van der Waals surface area contributed by atoms with Crippen molar-refractivity contribution in [1.82, 2.24) is 5.32 Å². The molecule has 4 rings (SSSR count). The first-order valence-electron chi connectivity index (χ1n) is 13.8. The molecule has 3 N–H and O–H groups in total. The summed E-state index contributed by atoms with van der Waals surface area (Å²) in [5.41, 5.74) is 5.05. The van der Waals surface area contributed by atoms with Gasteiger partial charge in [-0.25, -0.2) is 18.4 Å². The number of methoxy groups -OCH3 is 1. The zero-order chi connectivity index (χ0) is 31.8. The molecule has 4 aromatic rings. The third-order valence-electron chi connectivity index (χ3n) is 6.87. The van der Waals surface area contributed by atoms with E-state index in [-0.39, 0.29) is 24.5 Å². The Morgan fingerprint density at radius 1 is 0.795 bits per heavy atom. The number of aryl methyl sites for hydroxylation is 3. The van der Waals surface area contributed by atoms with Crippen LogP contribution in [-0.2, 0) is 20.9 Å². The van der Waals surface area contributed by atoms with Gasteiger partial charge in [-0.15, -0.1) is 0 Å². The van der Waals surface area contributed by atoms with Crippen molar-refractivity contribution in [1.29, 1.82) is 0 Å². The van der Waals surface area contributed by atoms with E-state index in [0.717, 1.165) is 34.4 Å². The van der Waals surface area contributed by atoms with Crippen molar-refractivity contribution in [3.8, 4) is 11.1 Å². The molecule has 0 aromatic heterocycles. The van der Waals surface area contributed by atoms with Crippen molar-refractivity contribution in [3.63, 3.8) is 0 Å². The molecule has 44 heavy (non-hydrogen) atoms. The molecular weight excluding hydrogens is 568 g/mol. The Morgan fingerprint density at radius 2 is 1.45 bits per heavy atom. The van der Waals surface area contributed by atoms with Gasteiger partial charge in [0.15, 0.2) is 17.7 Å². The van der Waals surface area contributed by atoms with Crippen LogP contribution in [0, 0.1) is 32.4 Å². The van der Waals surface area contributed by atoms with Crippen molar-refractivity contribution >= 4 is 29.3 Å². The molecule has 0 bridgehead atoms. The number of ether oxygens (including phenoxy) is 2. The van der Waals surface area contributed by atoms with Gasteiger partial charge in [-0.3, -0.25) is 4.79 Å². The fourth-order valence-electron chi connectivity index (χ4n) is 4.76. The molecule has 0 aliphatic heterocycles. The molecule has 1 atom stereocenters. The standard InChI is InChI=1S/C34H33F2N3O5/c1-20-14-21(2)31(22(3)15-20)39-34(42)38-29-17-25(24-11-13-27(35)28(36)16-24)10-12-26(29)32(40)37-30(33(41)43-4)19-44-18-23-8-6-5-7-9-23/h5-17,30H,18-19H2,1-4H3,(H,37,40)(H2,38,39,42)/t30-/m0/s1. The van der Waals surface area contributed by atoms with E-state index in [0.29, 0.717) is 16.8 Å². The van der Waals surface area contributed by atoms with Crippen LogP contribution in [0.15, 0.2) is 78.9 Å². The summed E-state index contributed by atoms with van der Waals surface area (Å²) < 4.78 is 38.1. The van der Waals surface area contributed by atoms with Crippen LogP contribution in [0.5, 0.6) is 0 Å². The molecule has 8 nitrogen and oxygen atoms in total. The maximum absolute atomic E-state index is 14.0. The lowest BCUT2D eigenvalue weighted by Gasteiger charge is -2.19. The van der Waals surface area contributed by atoms with Gasteiger partial charge in [-0.2, -0.15) is 0 Å². The second-order valence-corrected chi connectivity index (χ2v) is 10.3. The van der Waals surface area contributed by atoms with Crippen LogP contribution in [-0.4, -0.2) is 37.7 Å².